The van der Waals surface area contributed by atoms with Crippen LogP contribution in [0.4, 0.5) is 0 Å². The van der Waals surface area contributed by atoms with Crippen LogP contribution in [0.5, 0.6) is 0 Å². The van der Waals surface area contributed by atoms with E-state index >= 15 is 0 Å². The fraction of sp³-hybridized carbons (Fsp3) is 0.944. The lowest BCUT2D eigenvalue weighted by molar-refractivity contribution is -0.914. The molecule has 0 amide bonds. The summed E-state index contributed by atoms with van der Waals surface area (Å²) < 4.78 is 1.36. The summed E-state index contributed by atoms with van der Waals surface area (Å²) in [6, 6.07) is 0. The molecule has 0 aromatic rings. The van der Waals surface area contributed by atoms with E-state index in [1.165, 1.54) is 56.2 Å². The summed E-state index contributed by atoms with van der Waals surface area (Å²) in [7, 11) is 2.43. The first kappa shape index (κ1) is 20.4. The molecule has 1 aliphatic heterocycles. The van der Waals surface area contributed by atoms with Gasteiger partial charge in [-0.3, -0.25) is 0 Å². The van der Waals surface area contributed by atoms with E-state index < -0.39 is 5.97 Å². The van der Waals surface area contributed by atoms with Crippen LogP contribution < -0.4 is 5.11 Å². The first-order valence-electron chi connectivity index (χ1n) is 9.03. The number of nitrogens with zero attached hydrogens (tertiary/aromatic N) is 1. The van der Waals surface area contributed by atoms with Gasteiger partial charge in [-0.05, 0) is 44.4 Å². The van der Waals surface area contributed by atoms with Gasteiger partial charge in [0, 0.05) is 5.97 Å². The topological polar surface area (TPSA) is 40.1 Å². The Labute approximate surface area is 132 Å². The van der Waals surface area contributed by atoms with Crippen LogP contribution in [0, 0.1) is 5.92 Å². The van der Waals surface area contributed by atoms with Gasteiger partial charge in [-0.15, -0.1) is 0 Å². The maximum absolute atomic E-state index is 10.3. The molecule has 1 heterocycles. The van der Waals surface area contributed by atoms with Gasteiger partial charge in [0.1, 0.15) is 0 Å². The summed E-state index contributed by atoms with van der Waals surface area (Å²) in [5.41, 5.74) is 0. The Morgan fingerprint density at radius 2 is 1.62 bits per heavy atom. The van der Waals surface area contributed by atoms with Crippen LogP contribution in [0.3, 0.4) is 0 Å². The molecule has 0 aliphatic carbocycles. The van der Waals surface area contributed by atoms with Crippen molar-refractivity contribution >= 4 is 5.97 Å². The minimum Gasteiger partial charge on any atom is -0.550 e. The molecule has 3 heteroatoms. The number of unbranched alkanes of at least 4 members (excludes halogenated alkanes) is 2. The van der Waals surface area contributed by atoms with Crippen molar-refractivity contribution in [3.8, 4) is 0 Å². The van der Waals surface area contributed by atoms with Gasteiger partial charge in [0.05, 0.1) is 26.7 Å². The zero-order valence-corrected chi connectivity index (χ0v) is 14.8. The maximum atomic E-state index is 10.3. The number of carboxylic acid groups (broad SMARTS) is 1. The molecule has 1 aliphatic rings. The third-order valence-electron chi connectivity index (χ3n) is 4.68. The fourth-order valence-electron chi connectivity index (χ4n) is 2.98. The highest BCUT2D eigenvalue weighted by Gasteiger charge is 2.23. The van der Waals surface area contributed by atoms with Gasteiger partial charge in [-0.2, -0.15) is 0 Å². The second kappa shape index (κ2) is 12.0. The standard InChI is InChI=1S/C10H22N.C8H16O2/c1-3-4-8-11(2)9-6-5-7-10-11;1-3-5-6-7(4-2)8(9)10/h3-10H2,1-2H3;7H,3-6H2,1-2H3,(H,9,10)/q+1;/p-1. The lowest BCUT2D eigenvalue weighted by atomic mass is 10.00. The van der Waals surface area contributed by atoms with Crippen LogP contribution >= 0.6 is 0 Å². The van der Waals surface area contributed by atoms with Gasteiger partial charge in [-0.25, -0.2) is 0 Å². The summed E-state index contributed by atoms with van der Waals surface area (Å²) in [4.78, 5) is 10.3. The van der Waals surface area contributed by atoms with Crippen LogP contribution in [0.2, 0.25) is 0 Å². The van der Waals surface area contributed by atoms with E-state index in [1.54, 1.807) is 0 Å². The average molecular weight is 299 g/mol. The van der Waals surface area contributed by atoms with Gasteiger partial charge < -0.3 is 14.4 Å². The molecule has 1 rings (SSSR count). The highest BCUT2D eigenvalue weighted by molar-refractivity contribution is 5.67. The van der Waals surface area contributed by atoms with Crippen molar-refractivity contribution in [3.63, 3.8) is 0 Å². The minimum absolute atomic E-state index is 0.222. The second-order valence-corrected chi connectivity index (χ2v) is 6.77. The molecule has 126 valence electrons. The molecular formula is C18H37NO2. The van der Waals surface area contributed by atoms with Gasteiger partial charge >= 0.3 is 0 Å². The molecule has 1 atom stereocenters. The number of hydrogen-bond donors (Lipinski definition) is 0. The third kappa shape index (κ3) is 9.89. The molecule has 1 fully saturated rings. The molecule has 0 aromatic carbocycles. The van der Waals surface area contributed by atoms with Gasteiger partial charge in [0.15, 0.2) is 0 Å². The number of carbonyl (C=O) groups excluding carboxylic acids is 1. The van der Waals surface area contributed by atoms with E-state index in [2.05, 4.69) is 20.9 Å². The zero-order chi connectivity index (χ0) is 16.1. The van der Waals surface area contributed by atoms with Crippen molar-refractivity contribution in [1.82, 2.24) is 0 Å². The van der Waals surface area contributed by atoms with E-state index in [9.17, 15) is 9.90 Å². The van der Waals surface area contributed by atoms with Crippen molar-refractivity contribution in [1.29, 1.82) is 0 Å². The van der Waals surface area contributed by atoms with E-state index in [0.29, 0.717) is 6.42 Å². The molecular weight excluding hydrogens is 262 g/mol. The summed E-state index contributed by atoms with van der Waals surface area (Å²) in [6.07, 6.45) is 10.7. The second-order valence-electron chi connectivity index (χ2n) is 6.77. The minimum atomic E-state index is -0.893. The normalized spacial score (nSPS) is 18.5. The average Bonchev–Trinajstić information content (AvgIpc) is 2.47. The smallest absolute Gasteiger partial charge is 0.0784 e. The summed E-state index contributed by atoms with van der Waals surface area (Å²) in [5, 5.41) is 10.3. The molecule has 1 unspecified atom stereocenters. The van der Waals surface area contributed by atoms with Gasteiger partial charge in [0.2, 0.25) is 0 Å². The Morgan fingerprint density at radius 1 is 1.05 bits per heavy atom. The number of carbonyl (C=O) groups is 1. The van der Waals surface area contributed by atoms with Crippen molar-refractivity contribution in [2.45, 2.75) is 78.6 Å². The molecule has 0 radical (unpaired) electrons. The maximum Gasteiger partial charge on any atom is 0.0784 e. The van der Waals surface area contributed by atoms with Crippen molar-refractivity contribution in [2.24, 2.45) is 5.92 Å². The Kier molecular flexibility index (Phi) is 11.7. The van der Waals surface area contributed by atoms with Crippen molar-refractivity contribution < 1.29 is 14.4 Å². The monoisotopic (exact) mass is 299 g/mol. The Balaban J connectivity index is 0.000000384. The van der Waals surface area contributed by atoms with Crippen molar-refractivity contribution in [3.05, 3.63) is 0 Å². The summed E-state index contributed by atoms with van der Waals surface area (Å²) in [5.74, 6) is -1.11. The Bertz CT molecular complexity index is 260. The number of rotatable bonds is 8. The zero-order valence-electron chi connectivity index (χ0n) is 14.8. The largest absolute Gasteiger partial charge is 0.550 e. The SMILES string of the molecule is CCCCC(CC)C(=O)[O-].CCCC[N+]1(C)CCCCC1. The van der Waals surface area contributed by atoms with E-state index in [1.807, 2.05) is 6.92 Å². The number of aliphatic carboxylic acids is 1. The van der Waals surface area contributed by atoms with Crippen LogP contribution in [0.1, 0.15) is 78.6 Å². The van der Waals surface area contributed by atoms with Crippen molar-refractivity contribution in [2.75, 3.05) is 26.7 Å². The van der Waals surface area contributed by atoms with Crippen LogP contribution in [-0.2, 0) is 4.79 Å². The fourth-order valence-corrected chi connectivity index (χ4v) is 2.98. The van der Waals surface area contributed by atoms with Gasteiger partial charge in [-0.1, -0.05) is 40.0 Å². The molecule has 3 nitrogen and oxygen atoms in total. The van der Waals surface area contributed by atoms with E-state index in [4.69, 9.17) is 0 Å². The van der Waals surface area contributed by atoms with Gasteiger partial charge in [0.25, 0.3) is 0 Å². The number of piperidine rings is 1. The lowest BCUT2D eigenvalue weighted by Crippen LogP contribution is -2.48. The molecule has 0 aromatic heterocycles. The van der Waals surface area contributed by atoms with Crippen LogP contribution in [-0.4, -0.2) is 37.1 Å². The first-order valence-corrected chi connectivity index (χ1v) is 9.03. The molecule has 0 saturated carbocycles. The molecule has 21 heavy (non-hydrogen) atoms. The third-order valence-corrected chi connectivity index (χ3v) is 4.68. The highest BCUT2D eigenvalue weighted by Crippen LogP contribution is 2.16. The Morgan fingerprint density at radius 3 is 2.05 bits per heavy atom. The molecule has 1 saturated heterocycles. The van der Waals surface area contributed by atoms with Crippen LogP contribution in [0.15, 0.2) is 0 Å². The first-order chi connectivity index (χ1) is 9.99. The highest BCUT2D eigenvalue weighted by atomic mass is 16.4. The predicted molar refractivity (Wildman–Crippen MR) is 87.9 cm³/mol. The van der Waals surface area contributed by atoms with E-state index in [-0.39, 0.29) is 5.92 Å². The number of quaternary nitrogens is 1. The predicted octanol–water partition coefficient (Wildman–Crippen LogP) is 3.37. The Hall–Kier alpha value is -0.570. The molecule has 0 N–H and O–H groups in total. The number of likely N-dealkylation sites (tertiary alicyclic amines) is 1. The number of carboxylic acids is 1. The quantitative estimate of drug-likeness (QED) is 0.645. The molecule has 0 bridgehead atoms. The summed E-state index contributed by atoms with van der Waals surface area (Å²) in [6.45, 7) is 10.5. The molecule has 0 spiro atoms. The summed E-state index contributed by atoms with van der Waals surface area (Å²) >= 11 is 0. The lowest BCUT2D eigenvalue weighted by Gasteiger charge is -2.37. The number of hydrogen-bond acceptors (Lipinski definition) is 2. The van der Waals surface area contributed by atoms with Crippen LogP contribution in [0.25, 0.3) is 0 Å². The van der Waals surface area contributed by atoms with E-state index in [0.717, 1.165) is 19.3 Å².